The third kappa shape index (κ3) is 5.57. The van der Waals surface area contributed by atoms with E-state index in [9.17, 15) is 18.0 Å². The van der Waals surface area contributed by atoms with Gasteiger partial charge < -0.3 is 9.30 Å². The summed E-state index contributed by atoms with van der Waals surface area (Å²) in [5.74, 6) is 0.362. The Kier molecular flexibility index (Phi) is 7.73. The number of aromatic nitrogens is 1. The zero-order valence-corrected chi connectivity index (χ0v) is 19.5. The molecule has 2 atom stereocenters. The molecule has 0 fully saturated rings. The maximum atomic E-state index is 13.1. The zero-order chi connectivity index (χ0) is 23.5. The second-order valence-corrected chi connectivity index (χ2v) is 9.27. The van der Waals surface area contributed by atoms with Crippen molar-refractivity contribution in [2.24, 2.45) is 5.92 Å². The highest BCUT2D eigenvalue weighted by atomic mass is 19.4. The standard InChI is InChI=1S/C26H34F3NO2/c1-5-32-24(31)16-21-8-6-7-20-15-18(4)30(25(20)21)23(14-9-17(2)3)19-10-12-22(13-11-19)26(27,28)29/h10-13,15,17,21,23H,5-9,14,16H2,1-4H3/t21?,23-/m1/s1. The molecule has 1 heterocycles. The summed E-state index contributed by atoms with van der Waals surface area (Å²) in [6.45, 7) is 8.55. The molecule has 1 aromatic carbocycles. The van der Waals surface area contributed by atoms with Gasteiger partial charge in [0, 0.05) is 17.3 Å². The van der Waals surface area contributed by atoms with Crippen molar-refractivity contribution in [3.63, 3.8) is 0 Å². The fourth-order valence-corrected chi connectivity index (χ4v) is 4.94. The van der Waals surface area contributed by atoms with Crippen molar-refractivity contribution in [2.75, 3.05) is 6.61 Å². The Hall–Kier alpha value is -2.24. The van der Waals surface area contributed by atoms with Crippen LogP contribution in [0.5, 0.6) is 0 Å². The van der Waals surface area contributed by atoms with Crippen LogP contribution in [0.4, 0.5) is 13.2 Å². The minimum Gasteiger partial charge on any atom is -0.466 e. The number of carbonyl (C=O) groups excluding carboxylic acids is 1. The lowest BCUT2D eigenvalue weighted by Crippen LogP contribution is -2.22. The van der Waals surface area contributed by atoms with Crippen LogP contribution in [0, 0.1) is 12.8 Å². The fraction of sp³-hybridized carbons (Fsp3) is 0.577. The quantitative estimate of drug-likeness (QED) is 0.399. The van der Waals surface area contributed by atoms with E-state index in [0.29, 0.717) is 18.9 Å². The highest BCUT2D eigenvalue weighted by Crippen LogP contribution is 2.41. The van der Waals surface area contributed by atoms with E-state index < -0.39 is 11.7 Å². The summed E-state index contributed by atoms with van der Waals surface area (Å²) in [5, 5.41) is 0. The maximum absolute atomic E-state index is 13.1. The Bertz CT molecular complexity index is 912. The number of alkyl halides is 3. The molecular formula is C26H34F3NO2. The molecule has 0 spiro atoms. The monoisotopic (exact) mass is 449 g/mol. The molecule has 1 aliphatic rings. The Morgan fingerprint density at radius 3 is 2.47 bits per heavy atom. The average molecular weight is 450 g/mol. The number of aryl methyl sites for hydroxylation is 2. The van der Waals surface area contributed by atoms with E-state index in [2.05, 4.69) is 31.4 Å². The van der Waals surface area contributed by atoms with E-state index in [1.54, 1.807) is 12.1 Å². The van der Waals surface area contributed by atoms with Crippen molar-refractivity contribution in [2.45, 2.75) is 84.4 Å². The number of ether oxygens (including phenoxy) is 1. The molecule has 0 aliphatic heterocycles. The Morgan fingerprint density at radius 1 is 1.19 bits per heavy atom. The molecule has 176 valence electrons. The number of benzene rings is 1. The van der Waals surface area contributed by atoms with Crippen LogP contribution in [-0.2, 0) is 22.1 Å². The summed E-state index contributed by atoms with van der Waals surface area (Å²) >= 11 is 0. The lowest BCUT2D eigenvalue weighted by Gasteiger charge is -2.31. The summed E-state index contributed by atoms with van der Waals surface area (Å²) in [7, 11) is 0. The SMILES string of the molecule is CCOC(=O)CC1CCCc2cc(C)n([C@H](CCC(C)C)c3ccc(C(F)(F)F)cc3)c21. The first-order chi connectivity index (χ1) is 15.1. The molecule has 1 aliphatic carbocycles. The predicted octanol–water partition coefficient (Wildman–Crippen LogP) is 7.21. The van der Waals surface area contributed by atoms with E-state index >= 15 is 0 Å². The van der Waals surface area contributed by atoms with Gasteiger partial charge in [0.1, 0.15) is 0 Å². The Balaban J connectivity index is 2.03. The first kappa shape index (κ1) is 24.4. The third-order valence-electron chi connectivity index (χ3n) is 6.41. The highest BCUT2D eigenvalue weighted by molar-refractivity contribution is 5.70. The van der Waals surface area contributed by atoms with Gasteiger partial charge in [0.05, 0.1) is 24.6 Å². The van der Waals surface area contributed by atoms with Crippen molar-refractivity contribution in [3.05, 3.63) is 58.4 Å². The van der Waals surface area contributed by atoms with Gasteiger partial charge in [-0.1, -0.05) is 26.0 Å². The second-order valence-electron chi connectivity index (χ2n) is 9.27. The third-order valence-corrected chi connectivity index (χ3v) is 6.41. The van der Waals surface area contributed by atoms with Crippen LogP contribution in [0.3, 0.4) is 0 Å². The van der Waals surface area contributed by atoms with E-state index in [4.69, 9.17) is 4.74 Å². The number of nitrogens with zero attached hydrogens (tertiary/aromatic N) is 1. The molecule has 1 aromatic heterocycles. The van der Waals surface area contributed by atoms with Gasteiger partial charge in [-0.05, 0) is 81.2 Å². The minimum absolute atomic E-state index is 0.0637. The number of esters is 1. The number of carbonyl (C=O) groups is 1. The molecule has 6 heteroatoms. The average Bonchev–Trinajstić information content (AvgIpc) is 3.05. The lowest BCUT2D eigenvalue weighted by atomic mass is 9.85. The van der Waals surface area contributed by atoms with Gasteiger partial charge in [0.25, 0.3) is 0 Å². The molecular weight excluding hydrogens is 415 g/mol. The molecule has 3 rings (SSSR count). The number of rotatable bonds is 8. The fourth-order valence-electron chi connectivity index (χ4n) is 4.94. The van der Waals surface area contributed by atoms with E-state index in [-0.39, 0.29) is 17.9 Å². The number of halogens is 3. The predicted molar refractivity (Wildman–Crippen MR) is 120 cm³/mol. The topological polar surface area (TPSA) is 31.2 Å². The number of hydrogen-bond acceptors (Lipinski definition) is 2. The normalized spacial score (nSPS) is 17.3. The summed E-state index contributed by atoms with van der Waals surface area (Å²) in [6.07, 6.45) is 0.689. The molecule has 0 bridgehead atoms. The van der Waals surface area contributed by atoms with Gasteiger partial charge in [-0.15, -0.1) is 0 Å². The van der Waals surface area contributed by atoms with Crippen LogP contribution in [0.15, 0.2) is 30.3 Å². The molecule has 0 radical (unpaired) electrons. The first-order valence-corrected chi connectivity index (χ1v) is 11.6. The van der Waals surface area contributed by atoms with Gasteiger partial charge in [-0.25, -0.2) is 0 Å². The molecule has 0 saturated heterocycles. The van der Waals surface area contributed by atoms with Gasteiger partial charge in [-0.2, -0.15) is 13.2 Å². The van der Waals surface area contributed by atoms with Crippen molar-refractivity contribution >= 4 is 5.97 Å². The van der Waals surface area contributed by atoms with Crippen LogP contribution in [-0.4, -0.2) is 17.1 Å². The molecule has 2 aromatic rings. The van der Waals surface area contributed by atoms with Crippen LogP contribution >= 0.6 is 0 Å². The Morgan fingerprint density at radius 2 is 1.88 bits per heavy atom. The largest absolute Gasteiger partial charge is 0.466 e. The van der Waals surface area contributed by atoms with Crippen molar-refractivity contribution < 1.29 is 22.7 Å². The molecule has 32 heavy (non-hydrogen) atoms. The van der Waals surface area contributed by atoms with Crippen LogP contribution in [0.25, 0.3) is 0 Å². The summed E-state index contributed by atoms with van der Waals surface area (Å²) < 4.78 is 46.9. The van der Waals surface area contributed by atoms with Crippen LogP contribution < -0.4 is 0 Å². The van der Waals surface area contributed by atoms with Crippen molar-refractivity contribution in [3.8, 4) is 0 Å². The summed E-state index contributed by atoms with van der Waals surface area (Å²) in [4.78, 5) is 12.3. The minimum atomic E-state index is -4.35. The highest BCUT2D eigenvalue weighted by Gasteiger charge is 2.33. The summed E-state index contributed by atoms with van der Waals surface area (Å²) in [5.41, 5.74) is 3.76. The first-order valence-electron chi connectivity index (χ1n) is 11.6. The van der Waals surface area contributed by atoms with Gasteiger partial charge >= 0.3 is 12.1 Å². The van der Waals surface area contributed by atoms with Gasteiger partial charge in [0.15, 0.2) is 0 Å². The zero-order valence-electron chi connectivity index (χ0n) is 19.5. The molecule has 1 unspecified atom stereocenters. The van der Waals surface area contributed by atoms with E-state index in [1.807, 2.05) is 6.92 Å². The second kappa shape index (κ2) is 10.1. The number of hydrogen-bond donors (Lipinski definition) is 0. The lowest BCUT2D eigenvalue weighted by molar-refractivity contribution is -0.143. The van der Waals surface area contributed by atoms with Gasteiger partial charge in [0.2, 0.25) is 0 Å². The van der Waals surface area contributed by atoms with Crippen LogP contribution in [0.1, 0.15) is 92.9 Å². The van der Waals surface area contributed by atoms with Crippen LogP contribution in [0.2, 0.25) is 0 Å². The summed E-state index contributed by atoms with van der Waals surface area (Å²) in [6, 6.07) is 7.72. The van der Waals surface area contributed by atoms with Crippen molar-refractivity contribution in [1.29, 1.82) is 0 Å². The smallest absolute Gasteiger partial charge is 0.416 e. The molecule has 0 saturated carbocycles. The maximum Gasteiger partial charge on any atom is 0.416 e. The van der Waals surface area contributed by atoms with E-state index in [0.717, 1.165) is 49.1 Å². The molecule has 0 N–H and O–H groups in total. The van der Waals surface area contributed by atoms with E-state index in [1.165, 1.54) is 17.7 Å². The molecule has 0 amide bonds. The van der Waals surface area contributed by atoms with Gasteiger partial charge in [-0.3, -0.25) is 4.79 Å². The van der Waals surface area contributed by atoms with Crippen molar-refractivity contribution in [1.82, 2.24) is 4.57 Å². The Labute approximate surface area is 189 Å². The molecule has 3 nitrogen and oxygen atoms in total. The number of fused-ring (bicyclic) bond motifs is 1.